The van der Waals surface area contributed by atoms with Crippen molar-refractivity contribution in [3.8, 4) is 0 Å². The number of piperidine rings is 1. The molecule has 4 heteroatoms. The number of nitrogens with one attached hydrogen (secondary N) is 1. The molecular weight excluding hydrogens is 238 g/mol. The molecule has 0 unspecified atom stereocenters. The quantitative estimate of drug-likeness (QED) is 0.837. The molecule has 2 rings (SSSR count). The highest BCUT2D eigenvalue weighted by Gasteiger charge is 2.15. The van der Waals surface area contributed by atoms with Crippen LogP contribution in [0.4, 0.5) is 0 Å². The van der Waals surface area contributed by atoms with Crippen molar-refractivity contribution in [3.05, 3.63) is 34.7 Å². The molecule has 0 aliphatic carbocycles. The Kier molecular flexibility index (Phi) is 5.61. The van der Waals surface area contributed by atoms with Gasteiger partial charge in [0, 0.05) is 31.9 Å². The zero-order valence-corrected chi connectivity index (χ0v) is 11.8. The molecule has 0 atom stereocenters. The van der Waals surface area contributed by atoms with Gasteiger partial charge in [-0.05, 0) is 44.5 Å². The number of likely N-dealkylation sites (N-methyl/N-ethyl adjacent to an activating group) is 1. The second-order valence-corrected chi connectivity index (χ2v) is 5.32. The standard InChI is InChI=1S/C15H25N3O/c1-2-17(13-14-6-8-16-9-7-14)11-12-18-10-4-3-5-15(18)19/h3-5,10,14,16H,2,6-9,11-13H2,1H3. The Morgan fingerprint density at radius 2 is 2.16 bits per heavy atom. The molecule has 0 radical (unpaired) electrons. The third-order valence-electron chi connectivity index (χ3n) is 3.98. The number of rotatable bonds is 6. The number of aromatic nitrogens is 1. The van der Waals surface area contributed by atoms with E-state index in [2.05, 4.69) is 17.1 Å². The van der Waals surface area contributed by atoms with Crippen LogP contribution in [0.25, 0.3) is 0 Å². The SMILES string of the molecule is CCN(CCn1ccccc1=O)CC1CCNCC1. The van der Waals surface area contributed by atoms with Crippen LogP contribution in [0.1, 0.15) is 19.8 Å². The molecule has 1 aromatic rings. The first-order chi connectivity index (χ1) is 9.29. The van der Waals surface area contributed by atoms with Crippen LogP contribution in [0, 0.1) is 5.92 Å². The number of hydrogen-bond acceptors (Lipinski definition) is 3. The smallest absolute Gasteiger partial charge is 0.250 e. The van der Waals surface area contributed by atoms with Crippen LogP contribution in [-0.2, 0) is 6.54 Å². The molecule has 2 heterocycles. The maximum absolute atomic E-state index is 11.6. The second kappa shape index (κ2) is 7.46. The van der Waals surface area contributed by atoms with Crippen LogP contribution in [-0.4, -0.2) is 42.2 Å². The van der Waals surface area contributed by atoms with Crippen molar-refractivity contribution in [1.82, 2.24) is 14.8 Å². The summed E-state index contributed by atoms with van der Waals surface area (Å²) in [4.78, 5) is 14.1. The molecule has 4 nitrogen and oxygen atoms in total. The normalized spacial score (nSPS) is 16.9. The first-order valence-electron chi connectivity index (χ1n) is 7.38. The van der Waals surface area contributed by atoms with E-state index in [0.29, 0.717) is 0 Å². The minimum atomic E-state index is 0.0976. The Balaban J connectivity index is 1.82. The lowest BCUT2D eigenvalue weighted by atomic mass is 9.97. The van der Waals surface area contributed by atoms with E-state index in [9.17, 15) is 4.79 Å². The Morgan fingerprint density at radius 3 is 2.84 bits per heavy atom. The summed E-state index contributed by atoms with van der Waals surface area (Å²) in [6.07, 6.45) is 4.43. The average Bonchev–Trinajstić information content (AvgIpc) is 2.46. The Bertz CT molecular complexity index is 423. The maximum atomic E-state index is 11.6. The van der Waals surface area contributed by atoms with Crippen molar-refractivity contribution in [2.24, 2.45) is 5.92 Å². The Hall–Kier alpha value is -1.13. The molecule has 106 valence electrons. The molecule has 1 saturated heterocycles. The fourth-order valence-corrected chi connectivity index (χ4v) is 2.70. The first-order valence-corrected chi connectivity index (χ1v) is 7.38. The molecule has 1 aliphatic heterocycles. The van der Waals surface area contributed by atoms with E-state index in [-0.39, 0.29) is 5.56 Å². The van der Waals surface area contributed by atoms with Crippen LogP contribution >= 0.6 is 0 Å². The molecule has 0 bridgehead atoms. The summed E-state index contributed by atoms with van der Waals surface area (Å²) in [7, 11) is 0. The molecule has 1 aromatic heterocycles. The zero-order valence-electron chi connectivity index (χ0n) is 11.8. The van der Waals surface area contributed by atoms with E-state index in [4.69, 9.17) is 0 Å². The third-order valence-corrected chi connectivity index (χ3v) is 3.98. The van der Waals surface area contributed by atoms with Crippen molar-refractivity contribution < 1.29 is 0 Å². The molecule has 1 N–H and O–H groups in total. The van der Waals surface area contributed by atoms with Crippen molar-refractivity contribution in [1.29, 1.82) is 0 Å². The predicted octanol–water partition coefficient (Wildman–Crippen LogP) is 1.17. The summed E-state index contributed by atoms with van der Waals surface area (Å²) >= 11 is 0. The highest BCUT2D eigenvalue weighted by molar-refractivity contribution is 4.93. The monoisotopic (exact) mass is 263 g/mol. The second-order valence-electron chi connectivity index (χ2n) is 5.32. The lowest BCUT2D eigenvalue weighted by Crippen LogP contribution is -2.38. The van der Waals surface area contributed by atoms with Crippen LogP contribution in [0.5, 0.6) is 0 Å². The van der Waals surface area contributed by atoms with Gasteiger partial charge in [-0.1, -0.05) is 13.0 Å². The van der Waals surface area contributed by atoms with E-state index in [0.717, 1.165) is 38.6 Å². The predicted molar refractivity (Wildman–Crippen MR) is 78.4 cm³/mol. The number of hydrogen-bond donors (Lipinski definition) is 1. The van der Waals surface area contributed by atoms with Crippen LogP contribution in [0.2, 0.25) is 0 Å². The van der Waals surface area contributed by atoms with Crippen molar-refractivity contribution in [2.75, 3.05) is 32.7 Å². The Labute approximate surface area is 115 Å². The molecular formula is C15H25N3O. The van der Waals surface area contributed by atoms with E-state index in [1.54, 1.807) is 16.7 Å². The molecule has 1 fully saturated rings. The topological polar surface area (TPSA) is 37.3 Å². The third kappa shape index (κ3) is 4.48. The van der Waals surface area contributed by atoms with Gasteiger partial charge in [0.25, 0.3) is 5.56 Å². The van der Waals surface area contributed by atoms with Gasteiger partial charge in [-0.25, -0.2) is 0 Å². The molecule has 1 aliphatic rings. The van der Waals surface area contributed by atoms with Gasteiger partial charge in [0.05, 0.1) is 0 Å². The van der Waals surface area contributed by atoms with Gasteiger partial charge >= 0.3 is 0 Å². The summed E-state index contributed by atoms with van der Waals surface area (Å²) in [5.74, 6) is 0.814. The summed E-state index contributed by atoms with van der Waals surface area (Å²) in [6.45, 7) is 8.49. The average molecular weight is 263 g/mol. The lowest BCUT2D eigenvalue weighted by molar-refractivity contribution is 0.207. The fourth-order valence-electron chi connectivity index (χ4n) is 2.70. The summed E-state index contributed by atoms with van der Waals surface area (Å²) in [6, 6.07) is 5.35. The lowest BCUT2D eigenvalue weighted by Gasteiger charge is -2.29. The summed E-state index contributed by atoms with van der Waals surface area (Å²) < 4.78 is 1.80. The van der Waals surface area contributed by atoms with Crippen molar-refractivity contribution >= 4 is 0 Å². The maximum Gasteiger partial charge on any atom is 0.250 e. The first kappa shape index (κ1) is 14.3. The fraction of sp³-hybridized carbons (Fsp3) is 0.667. The number of pyridine rings is 1. The van der Waals surface area contributed by atoms with Crippen LogP contribution < -0.4 is 10.9 Å². The van der Waals surface area contributed by atoms with Gasteiger partial charge in [-0.15, -0.1) is 0 Å². The molecule has 19 heavy (non-hydrogen) atoms. The van der Waals surface area contributed by atoms with Gasteiger partial charge in [0.2, 0.25) is 0 Å². The largest absolute Gasteiger partial charge is 0.317 e. The number of nitrogens with zero attached hydrogens (tertiary/aromatic N) is 2. The minimum absolute atomic E-state index is 0.0976. The molecule has 0 saturated carbocycles. The molecule has 0 amide bonds. The van der Waals surface area contributed by atoms with Crippen LogP contribution in [0.15, 0.2) is 29.2 Å². The highest BCUT2D eigenvalue weighted by Crippen LogP contribution is 2.13. The van der Waals surface area contributed by atoms with Gasteiger partial charge in [0.1, 0.15) is 0 Å². The molecule has 0 spiro atoms. The van der Waals surface area contributed by atoms with E-state index >= 15 is 0 Å². The van der Waals surface area contributed by atoms with Crippen molar-refractivity contribution in [3.63, 3.8) is 0 Å². The van der Waals surface area contributed by atoms with E-state index < -0.39 is 0 Å². The molecule has 0 aromatic carbocycles. The highest BCUT2D eigenvalue weighted by atomic mass is 16.1. The Morgan fingerprint density at radius 1 is 1.37 bits per heavy atom. The van der Waals surface area contributed by atoms with Gasteiger partial charge < -0.3 is 14.8 Å². The van der Waals surface area contributed by atoms with Gasteiger partial charge in [-0.2, -0.15) is 0 Å². The van der Waals surface area contributed by atoms with E-state index in [1.807, 2.05) is 12.3 Å². The van der Waals surface area contributed by atoms with Crippen LogP contribution in [0.3, 0.4) is 0 Å². The van der Waals surface area contributed by atoms with Gasteiger partial charge in [0.15, 0.2) is 0 Å². The van der Waals surface area contributed by atoms with E-state index in [1.165, 1.54) is 19.4 Å². The minimum Gasteiger partial charge on any atom is -0.317 e. The van der Waals surface area contributed by atoms with Gasteiger partial charge in [-0.3, -0.25) is 4.79 Å². The van der Waals surface area contributed by atoms with Crippen molar-refractivity contribution in [2.45, 2.75) is 26.3 Å². The zero-order chi connectivity index (χ0) is 13.5. The summed E-state index contributed by atoms with van der Waals surface area (Å²) in [5, 5.41) is 3.41. The summed E-state index contributed by atoms with van der Waals surface area (Å²) in [5.41, 5.74) is 0.0976.